The van der Waals surface area contributed by atoms with Gasteiger partial charge < -0.3 is 9.84 Å². The van der Waals surface area contributed by atoms with Crippen molar-refractivity contribution >= 4 is 11.7 Å². The highest BCUT2D eigenvalue weighted by Gasteiger charge is 2.37. The molecule has 0 saturated heterocycles. The van der Waals surface area contributed by atoms with Crippen LogP contribution in [0.25, 0.3) is 0 Å². The molecule has 0 spiro atoms. The Morgan fingerprint density at radius 3 is 1.94 bits per heavy atom. The highest BCUT2D eigenvalue weighted by Crippen LogP contribution is 2.27. The summed E-state index contributed by atoms with van der Waals surface area (Å²) in [6.07, 6.45) is 5.00. The summed E-state index contributed by atoms with van der Waals surface area (Å²) in [6, 6.07) is 29.1. The molecule has 3 aromatic rings. The molecule has 3 aromatic carbocycles. The molecule has 0 fully saturated rings. The third-order valence-corrected chi connectivity index (χ3v) is 5.26. The van der Waals surface area contributed by atoms with Crippen LogP contribution in [0.15, 0.2) is 108 Å². The normalized spacial score (nSPS) is 12.8. The van der Waals surface area contributed by atoms with Crippen molar-refractivity contribution in [2.24, 2.45) is 4.99 Å². The molecular weight excluding hydrogens is 398 g/mol. The maximum atomic E-state index is 12.6. The Bertz CT molecular complexity index is 989. The van der Waals surface area contributed by atoms with E-state index in [4.69, 9.17) is 9.73 Å². The van der Waals surface area contributed by atoms with E-state index in [-0.39, 0.29) is 0 Å². The van der Waals surface area contributed by atoms with Gasteiger partial charge in [-0.3, -0.25) is 4.99 Å². The van der Waals surface area contributed by atoms with Gasteiger partial charge in [0.2, 0.25) is 0 Å². The van der Waals surface area contributed by atoms with Gasteiger partial charge in [-0.05, 0) is 31.9 Å². The van der Waals surface area contributed by atoms with Gasteiger partial charge in [-0.1, -0.05) is 91.0 Å². The summed E-state index contributed by atoms with van der Waals surface area (Å²) in [5.74, 6) is -0.153. The zero-order valence-electron chi connectivity index (χ0n) is 18.4. The minimum absolute atomic E-state index is 0.313. The lowest BCUT2D eigenvalue weighted by atomic mass is 9.88. The summed E-state index contributed by atoms with van der Waals surface area (Å²) >= 11 is 0. The number of rotatable bonds is 11. The fourth-order valence-corrected chi connectivity index (χ4v) is 3.53. The molecule has 1 N–H and O–H groups in total. The lowest BCUT2D eigenvalue weighted by Gasteiger charge is -2.26. The Morgan fingerprint density at radius 2 is 1.44 bits per heavy atom. The Labute approximate surface area is 189 Å². The van der Waals surface area contributed by atoms with Crippen molar-refractivity contribution < 1.29 is 14.6 Å². The second-order valence-electron chi connectivity index (χ2n) is 7.57. The van der Waals surface area contributed by atoms with Gasteiger partial charge in [0.25, 0.3) is 0 Å². The summed E-state index contributed by atoms with van der Waals surface area (Å²) in [4.78, 5) is 17.5. The Hall–Kier alpha value is -3.66. The van der Waals surface area contributed by atoms with Crippen molar-refractivity contribution in [1.82, 2.24) is 0 Å². The van der Waals surface area contributed by atoms with Crippen LogP contribution < -0.4 is 4.74 Å². The molecule has 3 rings (SSSR count). The number of nitrogens with zero attached hydrogens (tertiary/aromatic N) is 1. The zero-order valence-corrected chi connectivity index (χ0v) is 18.4. The first-order valence-corrected chi connectivity index (χ1v) is 10.9. The maximum Gasteiger partial charge on any atom is 0.331 e. The lowest BCUT2D eigenvalue weighted by molar-refractivity contribution is -0.143. The van der Waals surface area contributed by atoms with Crippen LogP contribution in [0.5, 0.6) is 5.75 Å². The summed E-state index contributed by atoms with van der Waals surface area (Å²) < 4.78 is 5.80. The Balaban J connectivity index is 1.94. The highest BCUT2D eigenvalue weighted by molar-refractivity contribution is 6.13. The molecular formula is C28H29NO3. The molecule has 0 aliphatic rings. The molecule has 1 atom stereocenters. The largest absolute Gasteiger partial charge is 0.494 e. The van der Waals surface area contributed by atoms with Crippen LogP contribution in [-0.4, -0.2) is 28.9 Å². The van der Waals surface area contributed by atoms with Crippen molar-refractivity contribution in [2.75, 3.05) is 6.61 Å². The lowest BCUT2D eigenvalue weighted by Crippen LogP contribution is -2.38. The van der Waals surface area contributed by atoms with E-state index in [0.717, 1.165) is 16.9 Å². The summed E-state index contributed by atoms with van der Waals surface area (Å²) in [5.41, 5.74) is 1.19. The van der Waals surface area contributed by atoms with E-state index in [2.05, 4.69) is 0 Å². The summed E-state index contributed by atoms with van der Waals surface area (Å²) in [6.45, 7) is 2.32. The first kappa shape index (κ1) is 23.0. The first-order valence-electron chi connectivity index (χ1n) is 10.9. The van der Waals surface area contributed by atoms with Gasteiger partial charge in [0.15, 0.2) is 5.54 Å². The predicted octanol–water partition coefficient (Wildman–Crippen LogP) is 6.17. The molecule has 0 saturated carbocycles. The molecule has 1 unspecified atom stereocenters. The molecule has 0 amide bonds. The summed E-state index contributed by atoms with van der Waals surface area (Å²) in [7, 11) is 0. The standard InChI is InChI=1S/C28H29NO3/c1-2-3-20-28(27(30)31,21-13-22-32-25-18-11-6-12-19-25)29-26(23-14-7-4-8-15-23)24-16-9-5-10-17-24/h2-12,14-19H,13,20-22H2,1H3,(H,30,31). The number of carboxylic acids is 1. The Kier molecular flexibility index (Phi) is 8.38. The highest BCUT2D eigenvalue weighted by atomic mass is 16.5. The number of aliphatic carboxylic acids is 1. The van der Waals surface area contributed by atoms with Gasteiger partial charge in [0.05, 0.1) is 12.3 Å². The molecule has 0 aromatic heterocycles. The monoisotopic (exact) mass is 427 g/mol. The number of carboxylic acid groups (broad SMARTS) is 1. The predicted molar refractivity (Wildman–Crippen MR) is 129 cm³/mol. The van der Waals surface area contributed by atoms with E-state index in [1.54, 1.807) is 0 Å². The van der Waals surface area contributed by atoms with Crippen molar-refractivity contribution in [1.29, 1.82) is 0 Å². The number of para-hydroxylation sites is 1. The molecule has 4 heteroatoms. The third-order valence-electron chi connectivity index (χ3n) is 5.26. The molecule has 4 nitrogen and oxygen atoms in total. The summed E-state index contributed by atoms with van der Waals surface area (Å²) in [5, 5.41) is 10.3. The van der Waals surface area contributed by atoms with Gasteiger partial charge in [-0.15, -0.1) is 0 Å². The number of carbonyl (C=O) groups is 1. The van der Waals surface area contributed by atoms with E-state index >= 15 is 0 Å². The van der Waals surface area contributed by atoms with E-state index in [9.17, 15) is 9.90 Å². The number of allylic oxidation sites excluding steroid dienone is 1. The Morgan fingerprint density at radius 1 is 0.906 bits per heavy atom. The number of ether oxygens (including phenoxy) is 1. The quantitative estimate of drug-likeness (QED) is 0.226. The van der Waals surface area contributed by atoms with Crippen LogP contribution in [0, 0.1) is 0 Å². The minimum atomic E-state index is -1.28. The van der Waals surface area contributed by atoms with Crippen LogP contribution in [0.2, 0.25) is 0 Å². The van der Waals surface area contributed by atoms with Gasteiger partial charge in [0, 0.05) is 17.5 Å². The fourth-order valence-electron chi connectivity index (χ4n) is 3.53. The number of hydrogen-bond acceptors (Lipinski definition) is 3. The van der Waals surface area contributed by atoms with Crippen LogP contribution in [0.3, 0.4) is 0 Å². The topological polar surface area (TPSA) is 58.9 Å². The molecule has 0 radical (unpaired) electrons. The van der Waals surface area contributed by atoms with E-state index < -0.39 is 11.5 Å². The van der Waals surface area contributed by atoms with E-state index in [1.807, 2.05) is 110 Å². The van der Waals surface area contributed by atoms with Gasteiger partial charge in [-0.25, -0.2) is 4.79 Å². The van der Waals surface area contributed by atoms with Gasteiger partial charge >= 0.3 is 5.97 Å². The van der Waals surface area contributed by atoms with Crippen LogP contribution in [0.1, 0.15) is 37.3 Å². The van der Waals surface area contributed by atoms with Crippen molar-refractivity contribution in [2.45, 2.75) is 31.7 Å². The number of benzene rings is 3. The van der Waals surface area contributed by atoms with Crippen molar-refractivity contribution in [3.8, 4) is 5.75 Å². The average molecular weight is 428 g/mol. The molecule has 0 heterocycles. The van der Waals surface area contributed by atoms with Crippen molar-refractivity contribution in [3.05, 3.63) is 114 Å². The minimum Gasteiger partial charge on any atom is -0.494 e. The van der Waals surface area contributed by atoms with E-state index in [0.29, 0.717) is 31.6 Å². The van der Waals surface area contributed by atoms with Crippen LogP contribution in [-0.2, 0) is 4.79 Å². The smallest absolute Gasteiger partial charge is 0.331 e. The number of hydrogen-bond donors (Lipinski definition) is 1. The van der Waals surface area contributed by atoms with Gasteiger partial charge in [-0.2, -0.15) is 0 Å². The molecule has 164 valence electrons. The second kappa shape index (κ2) is 11.7. The second-order valence-corrected chi connectivity index (χ2v) is 7.57. The molecule has 0 bridgehead atoms. The fraction of sp³-hybridized carbons (Fsp3) is 0.214. The third kappa shape index (κ3) is 6.17. The number of aliphatic imine (C=N–C) groups is 1. The molecule has 32 heavy (non-hydrogen) atoms. The zero-order chi connectivity index (χ0) is 22.7. The SMILES string of the molecule is CC=CCC(CCCOc1ccccc1)(N=C(c1ccccc1)c1ccccc1)C(=O)O. The first-order chi connectivity index (χ1) is 15.6. The average Bonchev–Trinajstić information content (AvgIpc) is 2.84. The van der Waals surface area contributed by atoms with Crippen LogP contribution in [0.4, 0.5) is 0 Å². The molecule has 0 aliphatic heterocycles. The van der Waals surface area contributed by atoms with Gasteiger partial charge in [0.1, 0.15) is 5.75 Å². The maximum absolute atomic E-state index is 12.6. The van der Waals surface area contributed by atoms with E-state index in [1.165, 1.54) is 0 Å². The van der Waals surface area contributed by atoms with Crippen molar-refractivity contribution in [3.63, 3.8) is 0 Å². The van der Waals surface area contributed by atoms with Crippen LogP contribution >= 0.6 is 0 Å². The molecule has 0 aliphatic carbocycles.